The van der Waals surface area contributed by atoms with Crippen LogP contribution in [0.25, 0.3) is 6.08 Å². The second-order valence-corrected chi connectivity index (χ2v) is 6.91. The molecule has 0 spiro atoms. The Morgan fingerprint density at radius 3 is 2.17 bits per heavy atom. The molecule has 0 radical (unpaired) electrons. The van der Waals surface area contributed by atoms with Crippen LogP contribution in [0.4, 0.5) is 0 Å². The van der Waals surface area contributed by atoms with Gasteiger partial charge in [0.15, 0.2) is 0 Å². The quantitative estimate of drug-likeness (QED) is 0.701. The van der Waals surface area contributed by atoms with E-state index in [2.05, 4.69) is 6.92 Å². The summed E-state index contributed by atoms with van der Waals surface area (Å²) >= 11 is 0. The number of ether oxygens (including phenoxy) is 3. The Morgan fingerprint density at radius 2 is 1.53 bits per heavy atom. The monoisotopic (exact) mass is 407 g/mol. The van der Waals surface area contributed by atoms with Gasteiger partial charge in [-0.15, -0.1) is 0 Å². The second-order valence-electron chi connectivity index (χ2n) is 6.91. The zero-order valence-electron chi connectivity index (χ0n) is 17.5. The predicted molar refractivity (Wildman–Crippen MR) is 113 cm³/mol. The molecule has 0 amide bonds. The SMILES string of the molecule is COC(=O)C1=C/c2ccccc2C(C)N(Cc2ccc(OC)cc2)/C=C\1C(=O)OC. The molecule has 1 aliphatic rings. The lowest BCUT2D eigenvalue weighted by Crippen LogP contribution is -2.26. The van der Waals surface area contributed by atoms with Crippen LogP contribution in [0.15, 0.2) is 65.9 Å². The number of benzene rings is 2. The molecular weight excluding hydrogens is 382 g/mol. The van der Waals surface area contributed by atoms with Crippen molar-refractivity contribution in [1.82, 2.24) is 4.90 Å². The zero-order valence-corrected chi connectivity index (χ0v) is 17.5. The number of rotatable bonds is 5. The van der Waals surface area contributed by atoms with E-state index in [1.54, 1.807) is 19.4 Å². The maximum atomic E-state index is 12.6. The van der Waals surface area contributed by atoms with E-state index in [1.807, 2.05) is 53.4 Å². The van der Waals surface area contributed by atoms with Gasteiger partial charge in [-0.05, 0) is 41.8 Å². The molecule has 1 unspecified atom stereocenters. The number of hydrogen-bond donors (Lipinski definition) is 0. The second kappa shape index (κ2) is 9.31. The standard InChI is InChI=1S/C24H25NO5/c1-16-20-8-6-5-7-18(20)13-21(23(26)29-3)22(24(27)30-4)15-25(16)14-17-9-11-19(28-2)12-10-17/h5-13,15-16H,14H2,1-4H3/b21-13+,22-15+. The van der Waals surface area contributed by atoms with E-state index in [0.717, 1.165) is 22.4 Å². The highest BCUT2D eigenvalue weighted by molar-refractivity contribution is 6.10. The summed E-state index contributed by atoms with van der Waals surface area (Å²) in [7, 11) is 4.21. The number of carbonyl (C=O) groups excluding carboxylic acids is 2. The van der Waals surface area contributed by atoms with Gasteiger partial charge in [0, 0.05) is 12.7 Å². The molecule has 156 valence electrons. The summed E-state index contributed by atoms with van der Waals surface area (Å²) in [5.74, 6) is -0.426. The van der Waals surface area contributed by atoms with Crippen LogP contribution in [0.5, 0.6) is 5.75 Å². The van der Waals surface area contributed by atoms with Gasteiger partial charge >= 0.3 is 11.9 Å². The summed E-state index contributed by atoms with van der Waals surface area (Å²) in [6.07, 6.45) is 3.37. The third kappa shape index (κ3) is 4.38. The molecule has 6 heteroatoms. The minimum atomic E-state index is -0.599. The van der Waals surface area contributed by atoms with Gasteiger partial charge in [-0.3, -0.25) is 0 Å². The van der Waals surface area contributed by atoms with Crippen molar-refractivity contribution in [3.8, 4) is 5.75 Å². The molecule has 2 aromatic rings. The van der Waals surface area contributed by atoms with E-state index in [1.165, 1.54) is 14.2 Å². The topological polar surface area (TPSA) is 65.1 Å². The number of methoxy groups -OCH3 is 3. The molecule has 0 saturated carbocycles. The van der Waals surface area contributed by atoms with E-state index in [0.29, 0.717) is 6.54 Å². The minimum absolute atomic E-state index is 0.0570. The van der Waals surface area contributed by atoms with Crippen molar-refractivity contribution >= 4 is 18.0 Å². The Balaban J connectivity index is 2.14. The number of fused-ring (bicyclic) bond motifs is 1. The van der Waals surface area contributed by atoms with Crippen molar-refractivity contribution in [2.24, 2.45) is 0 Å². The molecule has 0 fully saturated rings. The molecule has 1 aliphatic heterocycles. The van der Waals surface area contributed by atoms with E-state index >= 15 is 0 Å². The highest BCUT2D eigenvalue weighted by Gasteiger charge is 2.28. The molecule has 2 aromatic carbocycles. The molecule has 6 nitrogen and oxygen atoms in total. The first kappa shape index (κ1) is 21.2. The van der Waals surface area contributed by atoms with Gasteiger partial charge in [-0.1, -0.05) is 36.4 Å². The smallest absolute Gasteiger partial charge is 0.340 e. The van der Waals surface area contributed by atoms with Gasteiger partial charge < -0.3 is 19.1 Å². The van der Waals surface area contributed by atoms with E-state index < -0.39 is 11.9 Å². The number of hydrogen-bond acceptors (Lipinski definition) is 6. The highest BCUT2D eigenvalue weighted by Crippen LogP contribution is 2.32. The average Bonchev–Trinajstić information content (AvgIpc) is 2.78. The lowest BCUT2D eigenvalue weighted by Gasteiger charge is -2.32. The molecule has 0 bridgehead atoms. The minimum Gasteiger partial charge on any atom is -0.497 e. The maximum Gasteiger partial charge on any atom is 0.340 e. The number of nitrogens with zero attached hydrogens (tertiary/aromatic N) is 1. The Bertz CT molecular complexity index is 991. The van der Waals surface area contributed by atoms with Crippen LogP contribution >= 0.6 is 0 Å². The summed E-state index contributed by atoms with van der Waals surface area (Å²) in [6, 6.07) is 15.5. The maximum absolute atomic E-state index is 12.6. The summed E-state index contributed by atoms with van der Waals surface area (Å²) in [6.45, 7) is 2.58. The van der Waals surface area contributed by atoms with Crippen molar-refractivity contribution in [3.63, 3.8) is 0 Å². The van der Waals surface area contributed by atoms with E-state index in [9.17, 15) is 9.59 Å². The van der Waals surface area contributed by atoms with Crippen molar-refractivity contribution in [2.75, 3.05) is 21.3 Å². The average molecular weight is 407 g/mol. The first-order chi connectivity index (χ1) is 14.5. The number of esters is 2. The van der Waals surface area contributed by atoms with Crippen LogP contribution in [0.2, 0.25) is 0 Å². The van der Waals surface area contributed by atoms with Gasteiger partial charge in [0.1, 0.15) is 5.75 Å². The molecule has 30 heavy (non-hydrogen) atoms. The molecular formula is C24H25NO5. The lowest BCUT2D eigenvalue weighted by atomic mass is 9.93. The summed E-state index contributed by atoms with van der Waals surface area (Å²) < 4.78 is 15.1. The van der Waals surface area contributed by atoms with Crippen molar-refractivity contribution in [3.05, 3.63) is 82.6 Å². The zero-order chi connectivity index (χ0) is 21.7. The largest absolute Gasteiger partial charge is 0.497 e. The highest BCUT2D eigenvalue weighted by atomic mass is 16.5. The molecule has 3 rings (SSSR count). The van der Waals surface area contributed by atoms with E-state index in [4.69, 9.17) is 14.2 Å². The Hall–Kier alpha value is -3.54. The normalized spacial score (nSPS) is 19.2. The molecule has 1 atom stereocenters. The van der Waals surface area contributed by atoms with Crippen molar-refractivity contribution in [2.45, 2.75) is 19.5 Å². The molecule has 0 N–H and O–H groups in total. The third-order valence-corrected chi connectivity index (χ3v) is 5.16. The fraction of sp³-hybridized carbons (Fsp3) is 0.250. The van der Waals surface area contributed by atoms with Crippen LogP contribution in [-0.2, 0) is 25.6 Å². The summed E-state index contributed by atoms with van der Waals surface area (Å²) in [5, 5.41) is 0. The first-order valence-electron chi connectivity index (χ1n) is 9.56. The van der Waals surface area contributed by atoms with Crippen LogP contribution in [0.3, 0.4) is 0 Å². The fourth-order valence-corrected chi connectivity index (χ4v) is 3.46. The Labute approximate surface area is 176 Å². The Kier molecular flexibility index (Phi) is 6.57. The molecule has 0 aliphatic carbocycles. The van der Waals surface area contributed by atoms with Gasteiger partial charge in [0.25, 0.3) is 0 Å². The Morgan fingerprint density at radius 1 is 0.900 bits per heavy atom. The predicted octanol–water partition coefficient (Wildman–Crippen LogP) is 3.89. The van der Waals surface area contributed by atoms with Crippen LogP contribution in [0.1, 0.15) is 29.7 Å². The van der Waals surface area contributed by atoms with Gasteiger partial charge in [-0.2, -0.15) is 0 Å². The van der Waals surface area contributed by atoms with E-state index in [-0.39, 0.29) is 17.2 Å². The van der Waals surface area contributed by atoms with Crippen LogP contribution in [-0.4, -0.2) is 38.2 Å². The molecule has 1 heterocycles. The van der Waals surface area contributed by atoms with Crippen molar-refractivity contribution in [1.29, 1.82) is 0 Å². The van der Waals surface area contributed by atoms with Crippen LogP contribution in [0, 0.1) is 0 Å². The molecule has 0 saturated heterocycles. The van der Waals surface area contributed by atoms with Gasteiger partial charge in [0.05, 0.1) is 38.5 Å². The number of carbonyl (C=O) groups is 2. The molecule has 0 aromatic heterocycles. The first-order valence-corrected chi connectivity index (χ1v) is 9.56. The van der Waals surface area contributed by atoms with Gasteiger partial charge in [0.2, 0.25) is 0 Å². The third-order valence-electron chi connectivity index (χ3n) is 5.16. The van der Waals surface area contributed by atoms with Gasteiger partial charge in [-0.25, -0.2) is 9.59 Å². The van der Waals surface area contributed by atoms with Crippen LogP contribution < -0.4 is 4.74 Å². The lowest BCUT2D eigenvalue weighted by molar-refractivity contribution is -0.139. The summed E-state index contributed by atoms with van der Waals surface area (Å²) in [5.41, 5.74) is 3.22. The fourth-order valence-electron chi connectivity index (χ4n) is 3.46. The summed E-state index contributed by atoms with van der Waals surface area (Å²) in [4.78, 5) is 27.1. The van der Waals surface area contributed by atoms with Crippen molar-refractivity contribution < 1.29 is 23.8 Å².